The summed E-state index contributed by atoms with van der Waals surface area (Å²) in [4.78, 5) is 24.4. The standard InChI is InChI=1S/C19H29N3O3/c1-2-25-16-9-4-3-8-15(16)18(24)21-13-7-10-17(23)22-19(14-20)11-5-6-12-19/h3-4,8-9H,2,5-7,10-14,20H2,1H3,(H,21,24)(H,22,23). The Kier molecular flexibility index (Phi) is 7.25. The molecule has 0 heterocycles. The van der Waals surface area contributed by atoms with E-state index >= 15 is 0 Å². The minimum absolute atomic E-state index is 0.0105. The van der Waals surface area contributed by atoms with Gasteiger partial charge in [-0.25, -0.2) is 0 Å². The Hall–Kier alpha value is -2.08. The van der Waals surface area contributed by atoms with E-state index in [1.165, 1.54) is 0 Å². The lowest BCUT2D eigenvalue weighted by molar-refractivity contribution is -0.123. The molecule has 6 heteroatoms. The molecule has 0 atom stereocenters. The summed E-state index contributed by atoms with van der Waals surface area (Å²) in [6, 6.07) is 7.15. The summed E-state index contributed by atoms with van der Waals surface area (Å²) in [6.07, 6.45) is 5.13. The smallest absolute Gasteiger partial charge is 0.255 e. The van der Waals surface area contributed by atoms with Crippen LogP contribution in [0.4, 0.5) is 0 Å². The highest BCUT2D eigenvalue weighted by Crippen LogP contribution is 2.28. The second-order valence-electron chi connectivity index (χ2n) is 6.53. The molecule has 2 rings (SSSR count). The molecule has 2 amide bonds. The molecule has 0 unspecified atom stereocenters. The SMILES string of the molecule is CCOc1ccccc1C(=O)NCCCC(=O)NC1(CN)CCCC1. The molecule has 138 valence electrons. The molecule has 4 N–H and O–H groups in total. The van der Waals surface area contributed by atoms with Gasteiger partial charge in [0.2, 0.25) is 5.91 Å². The average Bonchev–Trinajstić information content (AvgIpc) is 3.08. The van der Waals surface area contributed by atoms with Crippen molar-refractivity contribution in [3.05, 3.63) is 29.8 Å². The van der Waals surface area contributed by atoms with Crippen molar-refractivity contribution in [2.75, 3.05) is 19.7 Å². The van der Waals surface area contributed by atoms with E-state index in [1.807, 2.05) is 13.0 Å². The zero-order chi connectivity index (χ0) is 18.1. The Morgan fingerprint density at radius 3 is 2.64 bits per heavy atom. The highest BCUT2D eigenvalue weighted by Gasteiger charge is 2.33. The molecule has 25 heavy (non-hydrogen) atoms. The topological polar surface area (TPSA) is 93.4 Å². The van der Waals surface area contributed by atoms with Crippen LogP contribution in [0.1, 0.15) is 55.8 Å². The molecule has 0 aromatic heterocycles. The fourth-order valence-electron chi connectivity index (χ4n) is 3.27. The van der Waals surface area contributed by atoms with Crippen molar-refractivity contribution < 1.29 is 14.3 Å². The number of nitrogens with two attached hydrogens (primary N) is 1. The zero-order valence-corrected chi connectivity index (χ0v) is 15.0. The Balaban J connectivity index is 1.74. The Bertz CT molecular complexity index is 583. The van der Waals surface area contributed by atoms with Crippen molar-refractivity contribution in [2.24, 2.45) is 5.73 Å². The van der Waals surface area contributed by atoms with Crippen LogP contribution in [-0.4, -0.2) is 37.0 Å². The molecule has 1 aliphatic carbocycles. The van der Waals surface area contributed by atoms with Crippen LogP contribution in [0.25, 0.3) is 0 Å². The molecule has 0 saturated heterocycles. The van der Waals surface area contributed by atoms with E-state index in [0.717, 1.165) is 25.7 Å². The van der Waals surface area contributed by atoms with E-state index in [1.54, 1.807) is 18.2 Å². The van der Waals surface area contributed by atoms with E-state index in [4.69, 9.17) is 10.5 Å². The second kappa shape index (κ2) is 9.42. The van der Waals surface area contributed by atoms with Gasteiger partial charge in [0.1, 0.15) is 5.75 Å². The third-order valence-corrected chi connectivity index (χ3v) is 4.65. The molecule has 0 spiro atoms. The van der Waals surface area contributed by atoms with Gasteiger partial charge >= 0.3 is 0 Å². The third-order valence-electron chi connectivity index (χ3n) is 4.65. The van der Waals surface area contributed by atoms with E-state index in [2.05, 4.69) is 10.6 Å². The second-order valence-corrected chi connectivity index (χ2v) is 6.53. The first kappa shape index (κ1) is 19.2. The van der Waals surface area contributed by atoms with Gasteiger partial charge in [-0.3, -0.25) is 9.59 Å². The first-order valence-corrected chi connectivity index (χ1v) is 9.11. The van der Waals surface area contributed by atoms with E-state index in [-0.39, 0.29) is 17.4 Å². The van der Waals surface area contributed by atoms with Gasteiger partial charge in [0, 0.05) is 19.5 Å². The highest BCUT2D eigenvalue weighted by atomic mass is 16.5. The normalized spacial score (nSPS) is 15.6. The van der Waals surface area contributed by atoms with Gasteiger partial charge in [0.05, 0.1) is 17.7 Å². The number of benzene rings is 1. The molecule has 0 aliphatic heterocycles. The summed E-state index contributed by atoms with van der Waals surface area (Å²) in [5, 5.41) is 5.94. The molecule has 6 nitrogen and oxygen atoms in total. The lowest BCUT2D eigenvalue weighted by Gasteiger charge is -2.28. The maximum absolute atomic E-state index is 12.3. The number of amides is 2. The first-order valence-electron chi connectivity index (χ1n) is 9.11. The van der Waals surface area contributed by atoms with Crippen molar-refractivity contribution in [1.82, 2.24) is 10.6 Å². The number of para-hydroxylation sites is 1. The number of ether oxygens (including phenoxy) is 1. The fourth-order valence-corrected chi connectivity index (χ4v) is 3.27. The summed E-state index contributed by atoms with van der Waals surface area (Å²) in [5.74, 6) is 0.404. The molecule has 1 saturated carbocycles. The Labute approximate surface area is 149 Å². The number of nitrogens with one attached hydrogen (secondary N) is 2. The van der Waals surface area contributed by atoms with Crippen LogP contribution >= 0.6 is 0 Å². The average molecular weight is 347 g/mol. The molecule has 1 aliphatic rings. The predicted octanol–water partition coefficient (Wildman–Crippen LogP) is 1.98. The third kappa shape index (κ3) is 5.46. The first-order chi connectivity index (χ1) is 12.1. The minimum Gasteiger partial charge on any atom is -0.493 e. The van der Waals surface area contributed by atoms with Gasteiger partial charge in [-0.05, 0) is 38.3 Å². The number of hydrogen-bond acceptors (Lipinski definition) is 4. The number of rotatable bonds is 9. The molecule has 1 aromatic rings. The predicted molar refractivity (Wildman–Crippen MR) is 97.6 cm³/mol. The van der Waals surface area contributed by atoms with Crippen LogP contribution < -0.4 is 21.1 Å². The van der Waals surface area contributed by atoms with Crippen LogP contribution in [-0.2, 0) is 4.79 Å². The van der Waals surface area contributed by atoms with Crippen molar-refractivity contribution in [1.29, 1.82) is 0 Å². The van der Waals surface area contributed by atoms with Crippen LogP contribution in [0, 0.1) is 0 Å². The summed E-state index contributed by atoms with van der Waals surface area (Å²) in [5.41, 5.74) is 6.14. The number of hydrogen-bond donors (Lipinski definition) is 3. The monoisotopic (exact) mass is 347 g/mol. The molecule has 0 bridgehead atoms. The molecule has 1 aromatic carbocycles. The summed E-state index contributed by atoms with van der Waals surface area (Å²) in [7, 11) is 0. The van der Waals surface area contributed by atoms with Gasteiger partial charge in [-0.2, -0.15) is 0 Å². The van der Waals surface area contributed by atoms with Crippen LogP contribution in [0.15, 0.2) is 24.3 Å². The van der Waals surface area contributed by atoms with Gasteiger partial charge < -0.3 is 21.1 Å². The largest absolute Gasteiger partial charge is 0.493 e. The zero-order valence-electron chi connectivity index (χ0n) is 15.0. The summed E-state index contributed by atoms with van der Waals surface area (Å²) >= 11 is 0. The van der Waals surface area contributed by atoms with Crippen molar-refractivity contribution in [3.8, 4) is 5.75 Å². The quantitative estimate of drug-likeness (QED) is 0.596. The van der Waals surface area contributed by atoms with E-state index in [0.29, 0.717) is 43.9 Å². The molecule has 0 radical (unpaired) electrons. The molecule has 1 fully saturated rings. The Morgan fingerprint density at radius 1 is 1.24 bits per heavy atom. The molecular weight excluding hydrogens is 318 g/mol. The van der Waals surface area contributed by atoms with Crippen molar-refractivity contribution >= 4 is 11.8 Å². The number of carbonyl (C=O) groups excluding carboxylic acids is 2. The van der Waals surface area contributed by atoms with E-state index < -0.39 is 0 Å². The van der Waals surface area contributed by atoms with Crippen molar-refractivity contribution in [2.45, 2.75) is 51.0 Å². The van der Waals surface area contributed by atoms with E-state index in [9.17, 15) is 9.59 Å². The highest BCUT2D eigenvalue weighted by molar-refractivity contribution is 5.96. The summed E-state index contributed by atoms with van der Waals surface area (Å²) < 4.78 is 5.46. The maximum atomic E-state index is 12.3. The number of carbonyl (C=O) groups is 2. The maximum Gasteiger partial charge on any atom is 0.255 e. The fraction of sp³-hybridized carbons (Fsp3) is 0.579. The lowest BCUT2D eigenvalue weighted by Crippen LogP contribution is -2.51. The van der Waals surface area contributed by atoms with Gasteiger partial charge in [0.25, 0.3) is 5.91 Å². The summed E-state index contributed by atoms with van der Waals surface area (Å²) in [6.45, 7) is 3.32. The van der Waals surface area contributed by atoms with Gasteiger partial charge in [-0.1, -0.05) is 25.0 Å². The minimum atomic E-state index is -0.212. The van der Waals surface area contributed by atoms with Gasteiger partial charge in [0.15, 0.2) is 0 Å². The van der Waals surface area contributed by atoms with Gasteiger partial charge in [-0.15, -0.1) is 0 Å². The lowest BCUT2D eigenvalue weighted by atomic mass is 9.97. The van der Waals surface area contributed by atoms with Crippen LogP contribution in [0.3, 0.4) is 0 Å². The van der Waals surface area contributed by atoms with Crippen LogP contribution in [0.5, 0.6) is 5.75 Å². The molecular formula is C19H29N3O3. The van der Waals surface area contributed by atoms with Crippen molar-refractivity contribution in [3.63, 3.8) is 0 Å². The van der Waals surface area contributed by atoms with Crippen LogP contribution in [0.2, 0.25) is 0 Å². The Morgan fingerprint density at radius 2 is 1.96 bits per heavy atom.